The van der Waals surface area contributed by atoms with Crippen molar-refractivity contribution in [1.82, 2.24) is 10.6 Å². The first-order valence-electron chi connectivity index (χ1n) is 7.71. The quantitative estimate of drug-likeness (QED) is 0.742. The fraction of sp³-hybridized carbons (Fsp3) is 0.938. The number of rotatable bonds is 4. The standard InChI is InChI=1S/C16H32N2O2/c1-8-15(7,9-2)17-12(19)16(20)10-13(3,4)18-14(5,6)11-16/h18,20H,8-11H2,1-7H3,(H,17,19). The zero-order chi connectivity index (χ0) is 15.8. The minimum atomic E-state index is -1.30. The molecular formula is C16H32N2O2. The minimum absolute atomic E-state index is 0.230. The molecule has 1 aliphatic heterocycles. The van der Waals surface area contributed by atoms with Crippen molar-refractivity contribution < 1.29 is 9.90 Å². The Morgan fingerprint density at radius 3 is 1.90 bits per heavy atom. The van der Waals surface area contributed by atoms with Gasteiger partial charge in [-0.25, -0.2) is 0 Å². The summed E-state index contributed by atoms with van der Waals surface area (Å²) < 4.78 is 0. The van der Waals surface area contributed by atoms with Gasteiger partial charge >= 0.3 is 0 Å². The largest absolute Gasteiger partial charge is 0.380 e. The minimum Gasteiger partial charge on any atom is -0.380 e. The molecule has 0 atom stereocenters. The molecule has 1 fully saturated rings. The van der Waals surface area contributed by atoms with Crippen LogP contribution in [0.1, 0.15) is 74.1 Å². The molecule has 0 bridgehead atoms. The maximum absolute atomic E-state index is 12.6. The average molecular weight is 284 g/mol. The Morgan fingerprint density at radius 1 is 1.15 bits per heavy atom. The summed E-state index contributed by atoms with van der Waals surface area (Å²) in [6.45, 7) is 14.3. The lowest BCUT2D eigenvalue weighted by Gasteiger charge is -2.50. The van der Waals surface area contributed by atoms with Gasteiger partial charge in [-0.15, -0.1) is 0 Å². The third-order valence-corrected chi connectivity index (χ3v) is 4.54. The van der Waals surface area contributed by atoms with Crippen LogP contribution >= 0.6 is 0 Å². The van der Waals surface area contributed by atoms with E-state index < -0.39 is 5.60 Å². The van der Waals surface area contributed by atoms with E-state index in [1.165, 1.54) is 0 Å². The number of piperidine rings is 1. The van der Waals surface area contributed by atoms with E-state index in [0.717, 1.165) is 12.8 Å². The van der Waals surface area contributed by atoms with Gasteiger partial charge in [0.15, 0.2) is 0 Å². The summed E-state index contributed by atoms with van der Waals surface area (Å²) in [6, 6.07) is 0. The van der Waals surface area contributed by atoms with Gasteiger partial charge in [0.25, 0.3) is 5.91 Å². The SMILES string of the molecule is CCC(C)(CC)NC(=O)C1(O)CC(C)(C)NC(C)(C)C1. The van der Waals surface area contributed by atoms with Crippen molar-refractivity contribution in [2.75, 3.05) is 0 Å². The second-order valence-corrected chi connectivity index (χ2v) is 8.00. The van der Waals surface area contributed by atoms with Crippen molar-refractivity contribution in [2.24, 2.45) is 0 Å². The number of aliphatic hydroxyl groups is 1. The highest BCUT2D eigenvalue weighted by Crippen LogP contribution is 2.36. The van der Waals surface area contributed by atoms with Crippen molar-refractivity contribution >= 4 is 5.91 Å². The fourth-order valence-corrected chi connectivity index (χ4v) is 3.51. The molecule has 3 N–H and O–H groups in total. The van der Waals surface area contributed by atoms with Gasteiger partial charge in [0.05, 0.1) is 0 Å². The Morgan fingerprint density at radius 2 is 1.55 bits per heavy atom. The van der Waals surface area contributed by atoms with Crippen molar-refractivity contribution in [3.8, 4) is 0 Å². The van der Waals surface area contributed by atoms with Crippen molar-refractivity contribution in [3.63, 3.8) is 0 Å². The predicted octanol–water partition coefficient (Wildman–Crippen LogP) is 2.35. The Hall–Kier alpha value is -0.610. The third-order valence-electron chi connectivity index (χ3n) is 4.54. The van der Waals surface area contributed by atoms with Crippen LogP contribution in [-0.2, 0) is 4.79 Å². The van der Waals surface area contributed by atoms with Crippen molar-refractivity contribution in [1.29, 1.82) is 0 Å². The Balaban J connectivity index is 2.95. The first-order chi connectivity index (χ1) is 8.87. The number of amides is 1. The number of hydrogen-bond donors (Lipinski definition) is 3. The number of carbonyl (C=O) groups excluding carboxylic acids is 1. The molecule has 0 aromatic heterocycles. The first-order valence-corrected chi connectivity index (χ1v) is 7.71. The van der Waals surface area contributed by atoms with E-state index in [9.17, 15) is 9.90 Å². The molecule has 20 heavy (non-hydrogen) atoms. The van der Waals surface area contributed by atoms with Gasteiger partial charge in [-0.05, 0) is 47.5 Å². The van der Waals surface area contributed by atoms with Gasteiger partial charge in [0.1, 0.15) is 5.60 Å². The molecule has 1 heterocycles. The van der Waals surface area contributed by atoms with E-state index in [0.29, 0.717) is 12.8 Å². The molecule has 4 nitrogen and oxygen atoms in total. The molecule has 0 aromatic rings. The fourth-order valence-electron chi connectivity index (χ4n) is 3.51. The predicted molar refractivity (Wildman–Crippen MR) is 82.6 cm³/mol. The zero-order valence-corrected chi connectivity index (χ0v) is 14.2. The molecule has 0 radical (unpaired) electrons. The first kappa shape index (κ1) is 17.4. The van der Waals surface area contributed by atoms with E-state index in [4.69, 9.17) is 0 Å². The molecule has 1 aliphatic rings. The van der Waals surface area contributed by atoms with Crippen LogP contribution in [0.4, 0.5) is 0 Å². The number of hydrogen-bond acceptors (Lipinski definition) is 3. The van der Waals surface area contributed by atoms with Crippen LogP contribution in [-0.4, -0.2) is 33.2 Å². The molecular weight excluding hydrogens is 252 g/mol. The molecule has 118 valence electrons. The molecule has 0 unspecified atom stereocenters. The summed E-state index contributed by atoms with van der Waals surface area (Å²) in [7, 11) is 0. The van der Waals surface area contributed by atoms with Gasteiger partial charge in [-0.1, -0.05) is 13.8 Å². The Bertz CT molecular complexity index is 355. The molecule has 0 aromatic carbocycles. The smallest absolute Gasteiger partial charge is 0.252 e. The second kappa shape index (κ2) is 5.30. The lowest BCUT2D eigenvalue weighted by molar-refractivity contribution is -0.151. The topological polar surface area (TPSA) is 61.4 Å². The zero-order valence-electron chi connectivity index (χ0n) is 14.2. The van der Waals surface area contributed by atoms with Crippen LogP contribution < -0.4 is 10.6 Å². The van der Waals surface area contributed by atoms with Crippen molar-refractivity contribution in [2.45, 2.75) is 96.4 Å². The van der Waals surface area contributed by atoms with E-state index in [1.54, 1.807) is 0 Å². The monoisotopic (exact) mass is 284 g/mol. The van der Waals surface area contributed by atoms with Gasteiger partial charge in [0, 0.05) is 29.5 Å². The van der Waals surface area contributed by atoms with E-state index in [1.807, 2.05) is 34.6 Å². The summed E-state index contributed by atoms with van der Waals surface area (Å²) in [5.74, 6) is -0.230. The van der Waals surface area contributed by atoms with E-state index in [-0.39, 0.29) is 22.5 Å². The maximum atomic E-state index is 12.6. The van der Waals surface area contributed by atoms with Crippen LogP contribution in [0, 0.1) is 0 Å². The molecule has 0 saturated carbocycles. The summed E-state index contributed by atoms with van der Waals surface area (Å²) >= 11 is 0. The van der Waals surface area contributed by atoms with Crippen LogP contribution in [0.15, 0.2) is 0 Å². The highest BCUT2D eigenvalue weighted by molar-refractivity contribution is 5.86. The highest BCUT2D eigenvalue weighted by atomic mass is 16.3. The van der Waals surface area contributed by atoms with Gasteiger partial charge in [-0.2, -0.15) is 0 Å². The lowest BCUT2D eigenvalue weighted by Crippen LogP contribution is -2.68. The molecule has 1 saturated heterocycles. The van der Waals surface area contributed by atoms with Gasteiger partial charge < -0.3 is 15.7 Å². The van der Waals surface area contributed by atoms with E-state index in [2.05, 4.69) is 24.5 Å². The average Bonchev–Trinajstić information content (AvgIpc) is 2.23. The molecule has 0 aliphatic carbocycles. The normalized spacial score (nSPS) is 24.2. The molecule has 0 spiro atoms. The summed E-state index contributed by atoms with van der Waals surface area (Å²) in [6.07, 6.45) is 2.57. The summed E-state index contributed by atoms with van der Waals surface area (Å²) in [5.41, 5.74) is -2.07. The van der Waals surface area contributed by atoms with Crippen LogP contribution in [0.2, 0.25) is 0 Å². The van der Waals surface area contributed by atoms with Crippen LogP contribution in [0.25, 0.3) is 0 Å². The van der Waals surface area contributed by atoms with Crippen LogP contribution in [0.3, 0.4) is 0 Å². The van der Waals surface area contributed by atoms with Gasteiger partial charge in [-0.3, -0.25) is 4.79 Å². The van der Waals surface area contributed by atoms with Crippen LogP contribution in [0.5, 0.6) is 0 Å². The Kier molecular flexibility index (Phi) is 4.62. The molecule has 4 heteroatoms. The lowest BCUT2D eigenvalue weighted by atomic mass is 9.72. The highest BCUT2D eigenvalue weighted by Gasteiger charge is 2.51. The second-order valence-electron chi connectivity index (χ2n) is 8.00. The molecule has 1 rings (SSSR count). The van der Waals surface area contributed by atoms with Gasteiger partial charge in [0.2, 0.25) is 0 Å². The van der Waals surface area contributed by atoms with Crippen molar-refractivity contribution in [3.05, 3.63) is 0 Å². The summed E-state index contributed by atoms with van der Waals surface area (Å²) in [5, 5.41) is 17.5. The summed E-state index contributed by atoms with van der Waals surface area (Å²) in [4.78, 5) is 12.6. The van der Waals surface area contributed by atoms with E-state index >= 15 is 0 Å². The number of nitrogens with one attached hydrogen (secondary N) is 2. The third kappa shape index (κ3) is 3.95. The number of carbonyl (C=O) groups is 1. The molecule has 1 amide bonds. The Labute approximate surface area is 123 Å². The maximum Gasteiger partial charge on any atom is 0.252 e.